The molecule has 0 spiro atoms. The molecule has 2 rings (SSSR count). The van der Waals surface area contributed by atoms with Crippen molar-refractivity contribution >= 4 is 17.7 Å². The van der Waals surface area contributed by atoms with Gasteiger partial charge >= 0.3 is 0 Å². The van der Waals surface area contributed by atoms with E-state index < -0.39 is 11.7 Å². The fraction of sp³-hybridized carbons (Fsp3) is 0.0588. The standard InChI is InChI=1S/C17H13FN2O2/c1-2-10-22-16-7-6-14(18)11-15(16)20-17(21)8-5-13-4-3-9-19-12-13/h1,3-9,11-12H,10H2,(H,20,21)/b8-5+. The Morgan fingerprint density at radius 1 is 1.45 bits per heavy atom. The number of amides is 1. The minimum absolute atomic E-state index is 0.0278. The molecule has 1 aromatic carbocycles. The Labute approximate surface area is 127 Å². The highest BCUT2D eigenvalue weighted by Gasteiger charge is 2.07. The average Bonchev–Trinajstić information content (AvgIpc) is 2.53. The monoisotopic (exact) mass is 296 g/mol. The van der Waals surface area contributed by atoms with E-state index in [1.165, 1.54) is 24.3 Å². The summed E-state index contributed by atoms with van der Waals surface area (Å²) in [7, 11) is 0. The molecule has 4 nitrogen and oxygen atoms in total. The molecule has 1 aromatic heterocycles. The Morgan fingerprint density at radius 2 is 2.32 bits per heavy atom. The van der Waals surface area contributed by atoms with Crippen LogP contribution in [0, 0.1) is 18.2 Å². The second-order valence-corrected chi connectivity index (χ2v) is 4.24. The van der Waals surface area contributed by atoms with Gasteiger partial charge < -0.3 is 10.1 Å². The summed E-state index contributed by atoms with van der Waals surface area (Å²) in [4.78, 5) is 15.8. The topological polar surface area (TPSA) is 51.2 Å². The van der Waals surface area contributed by atoms with Crippen LogP contribution >= 0.6 is 0 Å². The fourth-order valence-electron chi connectivity index (χ4n) is 1.67. The number of benzene rings is 1. The van der Waals surface area contributed by atoms with Crippen molar-refractivity contribution in [2.45, 2.75) is 0 Å². The molecule has 0 aliphatic carbocycles. The first-order valence-electron chi connectivity index (χ1n) is 6.44. The molecule has 22 heavy (non-hydrogen) atoms. The van der Waals surface area contributed by atoms with Gasteiger partial charge in [-0.1, -0.05) is 12.0 Å². The first-order chi connectivity index (χ1) is 10.7. The number of rotatable bonds is 5. The lowest BCUT2D eigenvalue weighted by atomic mass is 10.2. The molecule has 0 aliphatic heterocycles. The van der Waals surface area contributed by atoms with Gasteiger partial charge in [0.15, 0.2) is 0 Å². The van der Waals surface area contributed by atoms with Gasteiger partial charge in [-0.2, -0.15) is 0 Å². The van der Waals surface area contributed by atoms with E-state index in [2.05, 4.69) is 16.2 Å². The number of terminal acetylenes is 1. The van der Waals surface area contributed by atoms with E-state index in [9.17, 15) is 9.18 Å². The van der Waals surface area contributed by atoms with Crippen molar-refractivity contribution in [3.63, 3.8) is 0 Å². The Kier molecular flexibility index (Phi) is 5.27. The zero-order valence-corrected chi connectivity index (χ0v) is 11.6. The van der Waals surface area contributed by atoms with E-state index in [1.54, 1.807) is 30.6 Å². The normalized spacial score (nSPS) is 10.2. The number of anilines is 1. The molecule has 0 aliphatic rings. The van der Waals surface area contributed by atoms with Gasteiger partial charge in [0.05, 0.1) is 5.69 Å². The van der Waals surface area contributed by atoms with Gasteiger partial charge in [0.1, 0.15) is 18.2 Å². The molecular formula is C17H13FN2O2. The third-order valence-electron chi connectivity index (χ3n) is 2.62. The van der Waals surface area contributed by atoms with Gasteiger partial charge in [-0.3, -0.25) is 9.78 Å². The van der Waals surface area contributed by atoms with E-state index in [-0.39, 0.29) is 12.3 Å². The molecule has 0 saturated carbocycles. The summed E-state index contributed by atoms with van der Waals surface area (Å²) in [5.41, 5.74) is 0.997. The summed E-state index contributed by atoms with van der Waals surface area (Å²) in [5.74, 6) is 1.71. The highest BCUT2D eigenvalue weighted by atomic mass is 19.1. The Morgan fingerprint density at radius 3 is 3.05 bits per heavy atom. The Balaban J connectivity index is 2.09. The number of ether oxygens (including phenoxy) is 1. The van der Waals surface area contributed by atoms with Crippen LogP contribution in [0.2, 0.25) is 0 Å². The van der Waals surface area contributed by atoms with Crippen LogP contribution in [-0.2, 0) is 4.79 Å². The molecule has 110 valence electrons. The maximum atomic E-state index is 13.3. The van der Waals surface area contributed by atoms with Crippen molar-refractivity contribution in [2.75, 3.05) is 11.9 Å². The fourth-order valence-corrected chi connectivity index (χ4v) is 1.67. The van der Waals surface area contributed by atoms with Crippen LogP contribution < -0.4 is 10.1 Å². The maximum absolute atomic E-state index is 13.3. The third kappa shape index (κ3) is 4.46. The zero-order valence-electron chi connectivity index (χ0n) is 11.6. The van der Waals surface area contributed by atoms with Gasteiger partial charge in [-0.05, 0) is 29.8 Å². The number of halogens is 1. The van der Waals surface area contributed by atoms with E-state index in [0.29, 0.717) is 5.75 Å². The largest absolute Gasteiger partial charge is 0.479 e. The minimum atomic E-state index is -0.486. The van der Waals surface area contributed by atoms with E-state index in [1.807, 2.05) is 0 Å². The molecule has 0 saturated heterocycles. The summed E-state index contributed by atoms with van der Waals surface area (Å²) in [6.45, 7) is 0.0278. The second-order valence-electron chi connectivity index (χ2n) is 4.24. The number of hydrogen-bond donors (Lipinski definition) is 1. The Hall–Kier alpha value is -3.13. The summed E-state index contributed by atoms with van der Waals surface area (Å²) in [6.07, 6.45) is 11.3. The summed E-state index contributed by atoms with van der Waals surface area (Å²) in [6, 6.07) is 7.37. The number of aromatic nitrogens is 1. The maximum Gasteiger partial charge on any atom is 0.248 e. The number of pyridine rings is 1. The lowest BCUT2D eigenvalue weighted by Gasteiger charge is -2.10. The number of carbonyl (C=O) groups is 1. The Bertz CT molecular complexity index is 721. The van der Waals surface area contributed by atoms with Gasteiger partial charge in [0.25, 0.3) is 0 Å². The highest BCUT2D eigenvalue weighted by Crippen LogP contribution is 2.25. The SMILES string of the molecule is C#CCOc1ccc(F)cc1NC(=O)/C=C/c1cccnc1. The van der Waals surface area contributed by atoms with E-state index in [0.717, 1.165) is 5.56 Å². The third-order valence-corrected chi connectivity index (χ3v) is 2.62. The van der Waals surface area contributed by atoms with E-state index in [4.69, 9.17) is 11.2 Å². The summed E-state index contributed by atoms with van der Waals surface area (Å²) < 4.78 is 18.6. The lowest BCUT2D eigenvalue weighted by molar-refractivity contribution is -0.111. The summed E-state index contributed by atoms with van der Waals surface area (Å²) in [5, 5.41) is 2.55. The van der Waals surface area contributed by atoms with Crippen molar-refractivity contribution in [3.8, 4) is 18.1 Å². The first kappa shape index (κ1) is 15.3. The van der Waals surface area contributed by atoms with Crippen molar-refractivity contribution in [1.29, 1.82) is 0 Å². The molecule has 0 radical (unpaired) electrons. The number of nitrogens with one attached hydrogen (secondary N) is 1. The van der Waals surface area contributed by atoms with Gasteiger partial charge in [0, 0.05) is 24.5 Å². The molecular weight excluding hydrogens is 283 g/mol. The molecule has 1 amide bonds. The average molecular weight is 296 g/mol. The van der Waals surface area contributed by atoms with Crippen LogP contribution in [0.3, 0.4) is 0 Å². The van der Waals surface area contributed by atoms with Crippen molar-refractivity contribution < 1.29 is 13.9 Å². The lowest BCUT2D eigenvalue weighted by Crippen LogP contribution is -2.10. The molecule has 0 fully saturated rings. The van der Waals surface area contributed by atoms with Crippen molar-refractivity contribution in [3.05, 3.63) is 60.2 Å². The van der Waals surface area contributed by atoms with Crippen LogP contribution in [0.25, 0.3) is 6.08 Å². The van der Waals surface area contributed by atoms with Gasteiger partial charge in [0.2, 0.25) is 5.91 Å². The second kappa shape index (κ2) is 7.60. The highest BCUT2D eigenvalue weighted by molar-refractivity contribution is 6.02. The van der Waals surface area contributed by atoms with E-state index >= 15 is 0 Å². The predicted molar refractivity (Wildman–Crippen MR) is 82.6 cm³/mol. The molecule has 1 N–H and O–H groups in total. The number of carbonyl (C=O) groups excluding carboxylic acids is 1. The first-order valence-corrected chi connectivity index (χ1v) is 6.44. The number of hydrogen-bond acceptors (Lipinski definition) is 3. The predicted octanol–water partition coefficient (Wildman–Crippen LogP) is 2.88. The van der Waals surface area contributed by atoms with Gasteiger partial charge in [-0.25, -0.2) is 4.39 Å². The van der Waals surface area contributed by atoms with Crippen LogP contribution in [-0.4, -0.2) is 17.5 Å². The molecule has 0 atom stereocenters. The van der Waals surface area contributed by atoms with Crippen LogP contribution in [0.5, 0.6) is 5.75 Å². The van der Waals surface area contributed by atoms with Crippen LogP contribution in [0.1, 0.15) is 5.56 Å². The molecule has 2 aromatic rings. The van der Waals surface area contributed by atoms with Gasteiger partial charge in [-0.15, -0.1) is 6.42 Å². The molecule has 1 heterocycles. The summed E-state index contributed by atoms with van der Waals surface area (Å²) >= 11 is 0. The smallest absolute Gasteiger partial charge is 0.248 e. The van der Waals surface area contributed by atoms with Crippen molar-refractivity contribution in [2.24, 2.45) is 0 Å². The minimum Gasteiger partial charge on any atom is -0.479 e. The van der Waals surface area contributed by atoms with Crippen molar-refractivity contribution in [1.82, 2.24) is 4.98 Å². The molecule has 0 unspecified atom stereocenters. The zero-order chi connectivity index (χ0) is 15.8. The molecule has 0 bridgehead atoms. The molecule has 5 heteroatoms. The van der Waals surface area contributed by atoms with Crippen LogP contribution in [0.4, 0.5) is 10.1 Å². The quantitative estimate of drug-likeness (QED) is 0.682. The number of nitrogens with zero attached hydrogens (tertiary/aromatic N) is 1. The van der Waals surface area contributed by atoms with Crippen LogP contribution in [0.15, 0.2) is 48.8 Å².